The van der Waals surface area contributed by atoms with Crippen LogP contribution in [0.2, 0.25) is 0 Å². The second-order valence-corrected chi connectivity index (χ2v) is 6.62. The van der Waals surface area contributed by atoms with Crippen molar-refractivity contribution in [3.63, 3.8) is 0 Å². The highest BCUT2D eigenvalue weighted by molar-refractivity contribution is 7.15. The summed E-state index contributed by atoms with van der Waals surface area (Å²) in [5.74, 6) is 0.879. The number of rotatable bonds is 6. The molecule has 1 aliphatic heterocycles. The summed E-state index contributed by atoms with van der Waals surface area (Å²) in [6.07, 6.45) is 4.00. The molecule has 1 aromatic rings. The van der Waals surface area contributed by atoms with E-state index in [0.29, 0.717) is 6.04 Å². The fourth-order valence-corrected chi connectivity index (χ4v) is 4.11. The molecule has 2 heterocycles. The summed E-state index contributed by atoms with van der Waals surface area (Å²) >= 11 is 1.88. The Hall–Kier alpha value is -0.610. The van der Waals surface area contributed by atoms with Crippen LogP contribution in [0.5, 0.6) is 0 Å². The Kier molecular flexibility index (Phi) is 5.22. The van der Waals surface area contributed by atoms with Gasteiger partial charge in [-0.25, -0.2) is 4.98 Å². The molecular formula is C15H27N3S. The molecule has 0 radical (unpaired) electrons. The zero-order valence-electron chi connectivity index (χ0n) is 12.7. The van der Waals surface area contributed by atoms with Crippen molar-refractivity contribution in [1.29, 1.82) is 0 Å². The molecule has 1 saturated heterocycles. The lowest BCUT2D eigenvalue weighted by Crippen LogP contribution is -2.19. The van der Waals surface area contributed by atoms with Crippen LogP contribution in [0.1, 0.15) is 56.6 Å². The molecule has 4 heteroatoms. The quantitative estimate of drug-likeness (QED) is 0.861. The number of nitrogens with zero attached hydrogens (tertiary/aromatic N) is 2. The molecule has 2 atom stereocenters. The highest BCUT2D eigenvalue weighted by Crippen LogP contribution is 2.34. The van der Waals surface area contributed by atoms with Crippen LogP contribution in [0, 0.1) is 12.8 Å². The molecular weight excluding hydrogens is 254 g/mol. The van der Waals surface area contributed by atoms with Gasteiger partial charge in [-0.2, -0.15) is 0 Å². The lowest BCUT2D eigenvalue weighted by Gasteiger charge is -2.14. The Morgan fingerprint density at radius 1 is 1.47 bits per heavy atom. The number of thiazole rings is 1. The van der Waals surface area contributed by atoms with Crippen molar-refractivity contribution in [2.75, 3.05) is 24.5 Å². The number of hydrogen-bond donors (Lipinski definition) is 1. The average Bonchev–Trinajstić information content (AvgIpc) is 2.96. The smallest absolute Gasteiger partial charge is 0.185 e. The summed E-state index contributed by atoms with van der Waals surface area (Å²) in [5.41, 5.74) is 1.20. The fourth-order valence-electron chi connectivity index (χ4n) is 2.98. The van der Waals surface area contributed by atoms with E-state index in [9.17, 15) is 0 Å². The monoisotopic (exact) mass is 281 g/mol. The molecule has 0 saturated carbocycles. The minimum atomic E-state index is 0.422. The third kappa shape index (κ3) is 3.48. The SMILES string of the molecule is CCCC1CCN(c2nc(C)c(C(C)NCC)s2)C1. The molecule has 0 amide bonds. The molecule has 0 bridgehead atoms. The maximum absolute atomic E-state index is 4.79. The van der Waals surface area contributed by atoms with Crippen molar-refractivity contribution < 1.29 is 0 Å². The van der Waals surface area contributed by atoms with Gasteiger partial charge in [0.1, 0.15) is 0 Å². The third-order valence-corrected chi connectivity index (χ3v) is 5.38. The van der Waals surface area contributed by atoms with Crippen LogP contribution < -0.4 is 10.2 Å². The number of aryl methyl sites for hydroxylation is 1. The van der Waals surface area contributed by atoms with Gasteiger partial charge in [-0.15, -0.1) is 11.3 Å². The Labute approximate surface area is 121 Å². The van der Waals surface area contributed by atoms with E-state index in [2.05, 4.69) is 37.9 Å². The first-order chi connectivity index (χ1) is 9.15. The van der Waals surface area contributed by atoms with E-state index < -0.39 is 0 Å². The Morgan fingerprint density at radius 2 is 2.26 bits per heavy atom. The molecule has 1 aromatic heterocycles. The molecule has 0 spiro atoms. The Morgan fingerprint density at radius 3 is 2.95 bits per heavy atom. The minimum absolute atomic E-state index is 0.422. The predicted molar refractivity (Wildman–Crippen MR) is 84.2 cm³/mol. The fraction of sp³-hybridized carbons (Fsp3) is 0.800. The zero-order chi connectivity index (χ0) is 13.8. The van der Waals surface area contributed by atoms with Gasteiger partial charge in [-0.1, -0.05) is 20.3 Å². The lowest BCUT2D eigenvalue weighted by atomic mass is 10.0. The molecule has 108 valence electrons. The van der Waals surface area contributed by atoms with Crippen LogP contribution in [-0.2, 0) is 0 Å². The lowest BCUT2D eigenvalue weighted by molar-refractivity contribution is 0.530. The summed E-state index contributed by atoms with van der Waals surface area (Å²) in [4.78, 5) is 8.68. The van der Waals surface area contributed by atoms with E-state index in [-0.39, 0.29) is 0 Å². The first kappa shape index (κ1) is 14.8. The van der Waals surface area contributed by atoms with Gasteiger partial charge in [0.2, 0.25) is 0 Å². The van der Waals surface area contributed by atoms with Crippen molar-refractivity contribution in [2.45, 2.75) is 53.0 Å². The topological polar surface area (TPSA) is 28.2 Å². The number of aromatic nitrogens is 1. The first-order valence-electron chi connectivity index (χ1n) is 7.61. The third-order valence-electron chi connectivity index (χ3n) is 3.98. The second-order valence-electron chi connectivity index (χ2n) is 5.61. The molecule has 19 heavy (non-hydrogen) atoms. The Bertz CT molecular complexity index is 402. The van der Waals surface area contributed by atoms with Gasteiger partial charge < -0.3 is 10.2 Å². The van der Waals surface area contributed by atoms with Gasteiger partial charge in [0.25, 0.3) is 0 Å². The molecule has 0 aromatic carbocycles. The molecule has 2 unspecified atom stereocenters. The van der Waals surface area contributed by atoms with E-state index in [1.54, 1.807) is 0 Å². The normalized spacial score (nSPS) is 21.1. The molecule has 1 N–H and O–H groups in total. The van der Waals surface area contributed by atoms with E-state index >= 15 is 0 Å². The van der Waals surface area contributed by atoms with E-state index in [0.717, 1.165) is 12.5 Å². The van der Waals surface area contributed by atoms with Crippen molar-refractivity contribution in [1.82, 2.24) is 10.3 Å². The first-order valence-corrected chi connectivity index (χ1v) is 8.43. The summed E-state index contributed by atoms with van der Waals surface area (Å²) in [6, 6.07) is 0.422. The van der Waals surface area contributed by atoms with E-state index in [1.165, 1.54) is 48.1 Å². The second kappa shape index (κ2) is 6.71. The van der Waals surface area contributed by atoms with Crippen molar-refractivity contribution >= 4 is 16.5 Å². The molecule has 2 rings (SSSR count). The minimum Gasteiger partial charge on any atom is -0.348 e. The zero-order valence-corrected chi connectivity index (χ0v) is 13.5. The van der Waals surface area contributed by atoms with E-state index in [1.807, 2.05) is 11.3 Å². The van der Waals surface area contributed by atoms with Crippen LogP contribution in [0.25, 0.3) is 0 Å². The summed E-state index contributed by atoms with van der Waals surface area (Å²) in [6.45, 7) is 12.2. The highest BCUT2D eigenvalue weighted by Gasteiger charge is 2.25. The predicted octanol–water partition coefficient (Wildman–Crippen LogP) is 3.75. The highest BCUT2D eigenvalue weighted by atomic mass is 32.1. The van der Waals surface area contributed by atoms with Crippen LogP contribution in [0.4, 0.5) is 5.13 Å². The number of nitrogens with one attached hydrogen (secondary N) is 1. The molecule has 0 aliphatic carbocycles. The van der Waals surface area contributed by atoms with Gasteiger partial charge in [0.05, 0.1) is 5.69 Å². The van der Waals surface area contributed by atoms with Gasteiger partial charge in [0, 0.05) is 24.0 Å². The van der Waals surface area contributed by atoms with Crippen molar-refractivity contribution in [3.05, 3.63) is 10.6 Å². The molecule has 1 fully saturated rings. The average molecular weight is 281 g/mol. The van der Waals surface area contributed by atoms with Gasteiger partial charge in [0.15, 0.2) is 5.13 Å². The largest absolute Gasteiger partial charge is 0.348 e. The van der Waals surface area contributed by atoms with E-state index in [4.69, 9.17) is 4.98 Å². The van der Waals surface area contributed by atoms with Crippen LogP contribution >= 0.6 is 11.3 Å². The maximum atomic E-state index is 4.79. The molecule has 3 nitrogen and oxygen atoms in total. The van der Waals surface area contributed by atoms with Crippen molar-refractivity contribution in [2.24, 2.45) is 5.92 Å². The van der Waals surface area contributed by atoms with Crippen molar-refractivity contribution in [3.8, 4) is 0 Å². The van der Waals surface area contributed by atoms with Crippen LogP contribution in [0.3, 0.4) is 0 Å². The van der Waals surface area contributed by atoms with Crippen LogP contribution in [0.15, 0.2) is 0 Å². The standard InChI is InChI=1S/C15H27N3S/c1-5-7-13-8-9-18(10-13)15-17-12(4)14(19-15)11(3)16-6-2/h11,13,16H,5-10H2,1-4H3. The molecule has 1 aliphatic rings. The summed E-state index contributed by atoms with van der Waals surface area (Å²) < 4.78 is 0. The maximum Gasteiger partial charge on any atom is 0.185 e. The van der Waals surface area contributed by atoms with Crippen LogP contribution in [-0.4, -0.2) is 24.6 Å². The summed E-state index contributed by atoms with van der Waals surface area (Å²) in [7, 11) is 0. The van der Waals surface area contributed by atoms with Gasteiger partial charge in [-0.3, -0.25) is 0 Å². The van der Waals surface area contributed by atoms with Gasteiger partial charge >= 0.3 is 0 Å². The Balaban J connectivity index is 2.04. The number of anilines is 1. The number of hydrogen-bond acceptors (Lipinski definition) is 4. The summed E-state index contributed by atoms with van der Waals surface area (Å²) in [5, 5.41) is 4.72. The van der Waals surface area contributed by atoms with Gasteiger partial charge in [-0.05, 0) is 39.2 Å².